The maximum Gasteiger partial charge on any atom is 0.264 e. The molecule has 4 nitrogen and oxygen atoms in total. The van der Waals surface area contributed by atoms with Crippen LogP contribution in [0, 0.1) is 5.82 Å². The first-order chi connectivity index (χ1) is 13.5. The summed E-state index contributed by atoms with van der Waals surface area (Å²) in [5.41, 5.74) is 1.39. The van der Waals surface area contributed by atoms with Gasteiger partial charge in [-0.25, -0.2) is 9.38 Å². The van der Waals surface area contributed by atoms with E-state index in [0.717, 1.165) is 10.0 Å². The summed E-state index contributed by atoms with van der Waals surface area (Å²) in [6.45, 7) is 0. The monoisotopic (exact) mass is 476 g/mol. The van der Waals surface area contributed by atoms with Crippen molar-refractivity contribution in [2.24, 2.45) is 4.99 Å². The molecule has 1 fully saturated rings. The number of rotatable bonds is 3. The maximum absolute atomic E-state index is 13.2. The lowest BCUT2D eigenvalue weighted by Gasteiger charge is -1.98. The summed E-state index contributed by atoms with van der Waals surface area (Å²) >= 11 is 10.3. The van der Waals surface area contributed by atoms with Crippen LogP contribution in [0.4, 0.5) is 10.1 Å². The van der Waals surface area contributed by atoms with Gasteiger partial charge in [0.25, 0.3) is 5.91 Å². The number of amidine groups is 1. The minimum absolute atomic E-state index is 0.0250. The lowest BCUT2D eigenvalue weighted by atomic mass is 10.2. The summed E-state index contributed by atoms with van der Waals surface area (Å²) < 4.78 is 20.0. The normalized spacial score (nSPS) is 16.8. The Labute approximate surface area is 177 Å². The third-order valence-corrected chi connectivity index (χ3v) is 5.54. The molecule has 1 N–H and O–H groups in total. The van der Waals surface area contributed by atoms with Crippen molar-refractivity contribution in [3.05, 3.63) is 80.6 Å². The fourth-order valence-electron chi connectivity index (χ4n) is 2.48. The molecule has 1 aliphatic rings. The van der Waals surface area contributed by atoms with Crippen LogP contribution in [0.1, 0.15) is 5.76 Å². The Hall–Kier alpha value is -2.35. The lowest BCUT2D eigenvalue weighted by molar-refractivity contribution is -0.115. The molecule has 1 aromatic heterocycles. The lowest BCUT2D eigenvalue weighted by Crippen LogP contribution is -2.19. The van der Waals surface area contributed by atoms with Crippen molar-refractivity contribution in [2.75, 3.05) is 0 Å². The molecule has 0 atom stereocenters. The van der Waals surface area contributed by atoms with Gasteiger partial charge in [-0.1, -0.05) is 39.7 Å². The smallest absolute Gasteiger partial charge is 0.264 e. The molecule has 2 aromatic carbocycles. The highest BCUT2D eigenvalue weighted by Crippen LogP contribution is 2.31. The van der Waals surface area contributed by atoms with Crippen LogP contribution in [0.3, 0.4) is 0 Å². The topological polar surface area (TPSA) is 54.6 Å². The van der Waals surface area contributed by atoms with Crippen LogP contribution in [0.2, 0.25) is 5.02 Å². The average molecular weight is 478 g/mol. The molecule has 140 valence electrons. The summed E-state index contributed by atoms with van der Waals surface area (Å²) in [6.07, 6.45) is 1.66. The van der Waals surface area contributed by atoms with Crippen molar-refractivity contribution in [1.82, 2.24) is 5.32 Å². The minimum atomic E-state index is -0.520. The fourth-order valence-corrected chi connectivity index (χ4v) is 3.74. The standard InChI is InChI=1S/C20H11BrClFN2O2S/c21-12-3-1-11(2-4-12)17-8-6-14(27-17)10-18-19(26)25-20(28-18)24-13-5-7-16(23)15(22)9-13/h1-10H,(H,24,25,26)/b18-10+. The van der Waals surface area contributed by atoms with E-state index in [2.05, 4.69) is 26.2 Å². The molecule has 28 heavy (non-hydrogen) atoms. The number of hydrogen-bond acceptors (Lipinski definition) is 4. The summed E-state index contributed by atoms with van der Waals surface area (Å²) in [5, 5.41) is 3.04. The van der Waals surface area contributed by atoms with Gasteiger partial charge in [0.15, 0.2) is 5.17 Å². The summed E-state index contributed by atoms with van der Waals surface area (Å²) in [5.74, 6) is 0.464. The number of amides is 1. The van der Waals surface area contributed by atoms with Gasteiger partial charge in [0, 0.05) is 16.1 Å². The van der Waals surface area contributed by atoms with Crippen LogP contribution < -0.4 is 5.32 Å². The van der Waals surface area contributed by atoms with Gasteiger partial charge < -0.3 is 9.73 Å². The predicted molar refractivity (Wildman–Crippen MR) is 114 cm³/mol. The highest BCUT2D eigenvalue weighted by Gasteiger charge is 2.24. The Morgan fingerprint density at radius 2 is 1.93 bits per heavy atom. The molecule has 0 bridgehead atoms. The van der Waals surface area contributed by atoms with E-state index >= 15 is 0 Å². The van der Waals surface area contributed by atoms with Gasteiger partial charge in [0.1, 0.15) is 17.3 Å². The number of nitrogens with zero attached hydrogens (tertiary/aromatic N) is 1. The zero-order chi connectivity index (χ0) is 19.7. The van der Waals surface area contributed by atoms with Gasteiger partial charge in [-0.3, -0.25) is 4.79 Å². The Bertz CT molecular complexity index is 1130. The number of nitrogens with one attached hydrogen (secondary N) is 1. The number of thioether (sulfide) groups is 1. The molecule has 1 saturated heterocycles. The number of carbonyl (C=O) groups is 1. The fraction of sp³-hybridized carbons (Fsp3) is 0. The average Bonchev–Trinajstić information content (AvgIpc) is 3.26. The van der Waals surface area contributed by atoms with Crippen molar-refractivity contribution in [3.8, 4) is 11.3 Å². The molecule has 1 amide bonds. The first-order valence-electron chi connectivity index (χ1n) is 8.08. The van der Waals surface area contributed by atoms with Crippen LogP contribution in [0.25, 0.3) is 17.4 Å². The largest absolute Gasteiger partial charge is 0.457 e. The van der Waals surface area contributed by atoms with Gasteiger partial charge in [-0.15, -0.1) is 0 Å². The zero-order valence-electron chi connectivity index (χ0n) is 14.1. The van der Waals surface area contributed by atoms with Crippen molar-refractivity contribution >= 4 is 62.1 Å². The molecule has 4 rings (SSSR count). The highest BCUT2D eigenvalue weighted by molar-refractivity contribution is 9.10. The zero-order valence-corrected chi connectivity index (χ0v) is 17.2. The van der Waals surface area contributed by atoms with Crippen LogP contribution >= 0.6 is 39.3 Å². The van der Waals surface area contributed by atoms with Crippen LogP contribution in [0.15, 0.2) is 73.4 Å². The quantitative estimate of drug-likeness (QED) is 0.445. The molecule has 8 heteroatoms. The molecule has 3 aromatic rings. The van der Waals surface area contributed by atoms with Gasteiger partial charge in [0.2, 0.25) is 0 Å². The first kappa shape index (κ1) is 19.0. The number of benzene rings is 2. The highest BCUT2D eigenvalue weighted by atomic mass is 79.9. The molecule has 0 radical (unpaired) electrons. The van der Waals surface area contributed by atoms with E-state index < -0.39 is 5.82 Å². The number of halogens is 3. The Kier molecular flexibility index (Phi) is 5.39. The van der Waals surface area contributed by atoms with Crippen molar-refractivity contribution in [1.29, 1.82) is 0 Å². The van der Waals surface area contributed by atoms with E-state index in [1.807, 2.05) is 30.3 Å². The Morgan fingerprint density at radius 3 is 2.68 bits per heavy atom. The van der Waals surface area contributed by atoms with E-state index in [0.29, 0.717) is 27.3 Å². The number of hydrogen-bond donors (Lipinski definition) is 1. The van der Waals surface area contributed by atoms with E-state index in [1.165, 1.54) is 30.0 Å². The Morgan fingerprint density at radius 1 is 1.14 bits per heavy atom. The molecule has 0 spiro atoms. The van der Waals surface area contributed by atoms with E-state index in [1.54, 1.807) is 12.1 Å². The first-order valence-corrected chi connectivity index (χ1v) is 10.1. The van der Waals surface area contributed by atoms with Crippen LogP contribution in [0.5, 0.6) is 0 Å². The molecular weight excluding hydrogens is 467 g/mol. The molecule has 0 aliphatic carbocycles. The number of aliphatic imine (C=N–C) groups is 1. The minimum Gasteiger partial charge on any atom is -0.457 e. The summed E-state index contributed by atoms with van der Waals surface area (Å²) in [7, 11) is 0. The van der Waals surface area contributed by atoms with Crippen molar-refractivity contribution < 1.29 is 13.6 Å². The molecule has 1 aliphatic heterocycles. The summed E-state index contributed by atoms with van der Waals surface area (Å²) in [4.78, 5) is 16.9. The van der Waals surface area contributed by atoms with Crippen LogP contribution in [-0.4, -0.2) is 11.1 Å². The third kappa shape index (κ3) is 4.22. The molecule has 0 unspecified atom stereocenters. The Balaban J connectivity index is 1.54. The van der Waals surface area contributed by atoms with Crippen molar-refractivity contribution in [3.63, 3.8) is 0 Å². The summed E-state index contributed by atoms with van der Waals surface area (Å²) in [6, 6.07) is 15.5. The number of furan rings is 1. The van der Waals surface area contributed by atoms with Gasteiger partial charge >= 0.3 is 0 Å². The van der Waals surface area contributed by atoms with Gasteiger partial charge in [-0.2, -0.15) is 0 Å². The second-order valence-corrected chi connectivity index (χ2v) is 8.14. The van der Waals surface area contributed by atoms with E-state index in [4.69, 9.17) is 16.0 Å². The predicted octanol–water partition coefficient (Wildman–Crippen LogP) is 6.39. The van der Waals surface area contributed by atoms with Gasteiger partial charge in [0.05, 0.1) is 15.6 Å². The van der Waals surface area contributed by atoms with Gasteiger partial charge in [-0.05, 0) is 54.2 Å². The second-order valence-electron chi connectivity index (χ2n) is 5.79. The van der Waals surface area contributed by atoms with Crippen LogP contribution in [-0.2, 0) is 4.79 Å². The van der Waals surface area contributed by atoms with E-state index in [9.17, 15) is 9.18 Å². The molecule has 0 saturated carbocycles. The maximum atomic E-state index is 13.2. The molecule has 2 heterocycles. The third-order valence-electron chi connectivity index (χ3n) is 3.81. The SMILES string of the molecule is O=C1NC(=Nc2ccc(F)c(Cl)c2)S/C1=C/c1ccc(-c2ccc(Br)cc2)o1. The molecular formula is C20H11BrClFN2O2S. The number of carbonyl (C=O) groups excluding carboxylic acids is 1. The van der Waals surface area contributed by atoms with E-state index in [-0.39, 0.29) is 10.9 Å². The van der Waals surface area contributed by atoms with Crippen molar-refractivity contribution in [2.45, 2.75) is 0 Å². The second kappa shape index (κ2) is 7.95.